The summed E-state index contributed by atoms with van der Waals surface area (Å²) in [5, 5.41) is 3.22. The highest BCUT2D eigenvalue weighted by atomic mass is 16.2. The zero-order valence-corrected chi connectivity index (χ0v) is 8.78. The van der Waals surface area contributed by atoms with Gasteiger partial charge in [-0.1, -0.05) is 12.7 Å². The highest BCUT2D eigenvalue weighted by Gasteiger charge is 2.11. The van der Waals surface area contributed by atoms with E-state index >= 15 is 0 Å². The van der Waals surface area contributed by atoms with Gasteiger partial charge in [-0.05, 0) is 19.4 Å². The molecule has 0 aromatic carbocycles. The van der Waals surface area contributed by atoms with Crippen LogP contribution in [0.25, 0.3) is 0 Å². The summed E-state index contributed by atoms with van der Waals surface area (Å²) in [6, 6.07) is 0. The first-order valence-corrected chi connectivity index (χ1v) is 4.19. The minimum atomic E-state index is -0.543. The number of hydrazone groups is 1. The standard InChI is InChI=1S/C10H13N3O2/c1-5-8(6-14)12-9(7(2)3)10(15)13-11-4/h5-6H,2,4H2,1,3H3,(H,13,15)/b8-5-,12-9?. The van der Waals surface area contributed by atoms with Crippen LogP contribution < -0.4 is 5.43 Å². The van der Waals surface area contributed by atoms with E-state index in [1.165, 1.54) is 6.08 Å². The molecule has 0 radical (unpaired) electrons. The van der Waals surface area contributed by atoms with E-state index in [4.69, 9.17) is 0 Å². The average molecular weight is 207 g/mol. The second kappa shape index (κ2) is 6.42. The number of rotatable bonds is 5. The number of nitrogens with one attached hydrogen (secondary N) is 1. The third-order valence-electron chi connectivity index (χ3n) is 1.46. The molecule has 0 fully saturated rings. The fourth-order valence-electron chi connectivity index (χ4n) is 0.753. The molecule has 15 heavy (non-hydrogen) atoms. The lowest BCUT2D eigenvalue weighted by atomic mass is 10.2. The first-order chi connectivity index (χ1) is 7.06. The summed E-state index contributed by atoms with van der Waals surface area (Å²) in [5.74, 6) is -0.543. The first kappa shape index (κ1) is 13.0. The Morgan fingerprint density at radius 2 is 2.07 bits per heavy atom. The van der Waals surface area contributed by atoms with E-state index in [0.717, 1.165) is 0 Å². The molecule has 5 heteroatoms. The maximum Gasteiger partial charge on any atom is 0.290 e. The number of aliphatic imine (C=N–C) groups is 1. The van der Waals surface area contributed by atoms with Crippen LogP contribution in [0.1, 0.15) is 13.8 Å². The van der Waals surface area contributed by atoms with Gasteiger partial charge in [-0.2, -0.15) is 5.10 Å². The lowest BCUT2D eigenvalue weighted by Crippen LogP contribution is -2.27. The van der Waals surface area contributed by atoms with Crippen molar-refractivity contribution in [2.45, 2.75) is 13.8 Å². The fraction of sp³-hybridized carbons (Fsp3) is 0.200. The molecule has 0 atom stereocenters. The lowest BCUT2D eigenvalue weighted by Gasteiger charge is -2.03. The Morgan fingerprint density at radius 3 is 2.40 bits per heavy atom. The molecule has 80 valence electrons. The zero-order valence-electron chi connectivity index (χ0n) is 8.78. The summed E-state index contributed by atoms with van der Waals surface area (Å²) in [4.78, 5) is 25.7. The molecule has 0 aromatic rings. The molecule has 0 aliphatic rings. The summed E-state index contributed by atoms with van der Waals surface area (Å²) in [6.07, 6.45) is 2.04. The molecule has 0 aliphatic heterocycles. The summed E-state index contributed by atoms with van der Waals surface area (Å²) in [6.45, 7) is 9.95. The Labute approximate surface area is 88.3 Å². The van der Waals surface area contributed by atoms with Gasteiger partial charge in [0.15, 0.2) is 6.29 Å². The molecule has 5 nitrogen and oxygen atoms in total. The van der Waals surface area contributed by atoms with E-state index < -0.39 is 5.91 Å². The monoisotopic (exact) mass is 207 g/mol. The van der Waals surface area contributed by atoms with E-state index in [1.54, 1.807) is 13.8 Å². The normalized spacial score (nSPS) is 11.9. The summed E-state index contributed by atoms with van der Waals surface area (Å²) < 4.78 is 0. The molecule has 0 bridgehead atoms. The van der Waals surface area contributed by atoms with Crippen LogP contribution >= 0.6 is 0 Å². The molecule has 1 amide bonds. The average Bonchev–Trinajstić information content (AvgIpc) is 2.19. The van der Waals surface area contributed by atoms with Gasteiger partial charge < -0.3 is 0 Å². The third kappa shape index (κ3) is 4.12. The highest BCUT2D eigenvalue weighted by Crippen LogP contribution is 2.00. The van der Waals surface area contributed by atoms with Gasteiger partial charge in [0.2, 0.25) is 0 Å². The largest absolute Gasteiger partial charge is 0.296 e. The van der Waals surface area contributed by atoms with E-state index in [-0.39, 0.29) is 11.4 Å². The third-order valence-corrected chi connectivity index (χ3v) is 1.46. The molecular formula is C10H13N3O2. The van der Waals surface area contributed by atoms with Crippen LogP contribution in [0.3, 0.4) is 0 Å². The molecule has 0 unspecified atom stereocenters. The topological polar surface area (TPSA) is 70.9 Å². The Hall–Kier alpha value is -2.04. The van der Waals surface area contributed by atoms with Crippen molar-refractivity contribution in [1.82, 2.24) is 5.43 Å². The van der Waals surface area contributed by atoms with Crippen LogP contribution in [0.15, 0.2) is 34.0 Å². The maximum absolute atomic E-state index is 11.4. The van der Waals surface area contributed by atoms with Gasteiger partial charge in [-0.3, -0.25) is 9.59 Å². The van der Waals surface area contributed by atoms with Crippen molar-refractivity contribution in [3.63, 3.8) is 0 Å². The molecule has 1 N–H and O–H groups in total. The van der Waals surface area contributed by atoms with Gasteiger partial charge >= 0.3 is 0 Å². The van der Waals surface area contributed by atoms with Crippen molar-refractivity contribution in [3.05, 3.63) is 23.9 Å². The Bertz CT molecular complexity index is 354. The quantitative estimate of drug-likeness (QED) is 0.314. The molecular weight excluding hydrogens is 194 g/mol. The number of carbonyl (C=O) groups excluding carboxylic acids is 2. The minimum absolute atomic E-state index is 0.0580. The molecule has 0 rings (SSSR count). The second-order valence-electron chi connectivity index (χ2n) is 2.67. The number of allylic oxidation sites excluding steroid dienone is 2. The Morgan fingerprint density at radius 1 is 1.47 bits per heavy atom. The zero-order chi connectivity index (χ0) is 11.8. The van der Waals surface area contributed by atoms with E-state index in [0.29, 0.717) is 11.9 Å². The van der Waals surface area contributed by atoms with Gasteiger partial charge in [0.05, 0.1) is 5.70 Å². The number of nitrogens with zero attached hydrogens (tertiary/aromatic N) is 2. The van der Waals surface area contributed by atoms with Crippen molar-refractivity contribution < 1.29 is 9.59 Å². The molecule has 0 aromatic heterocycles. The van der Waals surface area contributed by atoms with Crippen molar-refractivity contribution in [1.29, 1.82) is 0 Å². The summed E-state index contributed by atoms with van der Waals surface area (Å²) >= 11 is 0. The maximum atomic E-state index is 11.4. The van der Waals surface area contributed by atoms with Crippen molar-refractivity contribution >= 4 is 24.6 Å². The Balaban J connectivity index is 5.13. The molecule has 0 saturated carbocycles. The number of aldehydes is 1. The number of amides is 1. The van der Waals surface area contributed by atoms with E-state index in [2.05, 4.69) is 28.8 Å². The van der Waals surface area contributed by atoms with Gasteiger partial charge in [0, 0.05) is 6.72 Å². The number of carbonyl (C=O) groups is 2. The van der Waals surface area contributed by atoms with Gasteiger partial charge in [-0.15, -0.1) is 0 Å². The van der Waals surface area contributed by atoms with Crippen molar-refractivity contribution in [3.8, 4) is 0 Å². The molecule has 0 heterocycles. The SMILES string of the molecule is C=NNC(=O)C(=N/C(C=O)=C\C)C(=C)C. The van der Waals surface area contributed by atoms with Crippen LogP contribution in [-0.4, -0.2) is 24.6 Å². The first-order valence-electron chi connectivity index (χ1n) is 4.19. The van der Waals surface area contributed by atoms with Crippen LogP contribution in [-0.2, 0) is 9.59 Å². The second-order valence-corrected chi connectivity index (χ2v) is 2.67. The highest BCUT2D eigenvalue weighted by molar-refractivity contribution is 6.45. The van der Waals surface area contributed by atoms with Gasteiger partial charge in [0.25, 0.3) is 5.91 Å². The number of hydrogen-bond donors (Lipinski definition) is 1. The van der Waals surface area contributed by atoms with Crippen LogP contribution in [0, 0.1) is 0 Å². The summed E-state index contributed by atoms with van der Waals surface area (Å²) in [7, 11) is 0. The predicted molar refractivity (Wildman–Crippen MR) is 59.8 cm³/mol. The van der Waals surface area contributed by atoms with Crippen LogP contribution in [0.2, 0.25) is 0 Å². The van der Waals surface area contributed by atoms with Gasteiger partial charge in [-0.25, -0.2) is 10.4 Å². The van der Waals surface area contributed by atoms with Crippen LogP contribution in [0.4, 0.5) is 0 Å². The molecule has 0 spiro atoms. The smallest absolute Gasteiger partial charge is 0.290 e. The Kier molecular flexibility index (Phi) is 5.55. The van der Waals surface area contributed by atoms with E-state index in [9.17, 15) is 9.59 Å². The summed E-state index contributed by atoms with van der Waals surface area (Å²) in [5.41, 5.74) is 2.78. The predicted octanol–water partition coefficient (Wildman–Crippen LogP) is 0.838. The van der Waals surface area contributed by atoms with Crippen molar-refractivity contribution in [2.24, 2.45) is 10.1 Å². The number of hydrogen-bond acceptors (Lipinski definition) is 4. The lowest BCUT2D eigenvalue weighted by molar-refractivity contribution is -0.114. The van der Waals surface area contributed by atoms with E-state index in [1.807, 2.05) is 0 Å². The van der Waals surface area contributed by atoms with Gasteiger partial charge in [0.1, 0.15) is 5.71 Å². The van der Waals surface area contributed by atoms with Crippen molar-refractivity contribution in [2.75, 3.05) is 0 Å². The van der Waals surface area contributed by atoms with Crippen LogP contribution in [0.5, 0.6) is 0 Å². The molecule has 0 aliphatic carbocycles. The minimum Gasteiger partial charge on any atom is -0.296 e. The molecule has 0 saturated heterocycles. The fourth-order valence-corrected chi connectivity index (χ4v) is 0.753.